The fourth-order valence-electron chi connectivity index (χ4n) is 0.308. The highest BCUT2D eigenvalue weighted by atomic mass is 16.5. The van der Waals surface area contributed by atoms with Crippen LogP contribution in [0, 0.1) is 17.8 Å². The summed E-state index contributed by atoms with van der Waals surface area (Å²) >= 11 is 0. The van der Waals surface area contributed by atoms with Crippen LogP contribution < -0.4 is 0 Å². The number of esters is 1. The summed E-state index contributed by atoms with van der Waals surface area (Å²) in [6, 6.07) is 0. The van der Waals surface area contributed by atoms with Crippen LogP contribution in [0.25, 0.3) is 0 Å². The maximum atomic E-state index is 10.8. The lowest BCUT2D eigenvalue weighted by Crippen LogP contribution is -2.04. The fourth-order valence-corrected chi connectivity index (χ4v) is 0.308. The molecule has 0 aromatic carbocycles. The van der Waals surface area contributed by atoms with Crippen LogP contribution in [0.1, 0.15) is 13.8 Å². The van der Waals surface area contributed by atoms with Crippen LogP contribution in [-0.4, -0.2) is 18.9 Å². The molecule has 0 rings (SSSR count). The Morgan fingerprint density at radius 2 is 1.82 bits per heavy atom. The minimum atomic E-state index is -0.681. The second kappa shape index (κ2) is 4.51. The Morgan fingerprint density at radius 1 is 1.27 bits per heavy atom. The van der Waals surface area contributed by atoms with Gasteiger partial charge in [-0.3, -0.25) is 4.79 Å². The van der Waals surface area contributed by atoms with Crippen LogP contribution in [0.2, 0.25) is 0 Å². The molecule has 0 aliphatic heterocycles. The van der Waals surface area contributed by atoms with E-state index in [-0.39, 0.29) is 11.7 Å². The van der Waals surface area contributed by atoms with Gasteiger partial charge in [0.15, 0.2) is 0 Å². The minimum absolute atomic E-state index is 0.160. The molecule has 11 heavy (non-hydrogen) atoms. The Hall–Kier alpha value is -1.30. The zero-order chi connectivity index (χ0) is 8.85. The third-order valence-corrected chi connectivity index (χ3v) is 0.998. The van der Waals surface area contributed by atoms with Crippen LogP contribution in [0.15, 0.2) is 0 Å². The van der Waals surface area contributed by atoms with E-state index in [4.69, 9.17) is 0 Å². The van der Waals surface area contributed by atoms with Crippen molar-refractivity contribution < 1.29 is 14.3 Å². The molecule has 0 radical (unpaired) electrons. The SMILES string of the molecule is COC(=O)C#CC(=O)C(C)C. The number of rotatable bonds is 1. The number of ether oxygens (including phenoxy) is 1. The molecule has 0 spiro atoms. The second-order valence-electron chi connectivity index (χ2n) is 2.26. The summed E-state index contributed by atoms with van der Waals surface area (Å²) < 4.78 is 4.22. The normalized spacial score (nSPS) is 8.36. The summed E-state index contributed by atoms with van der Waals surface area (Å²) in [5, 5.41) is 0. The topological polar surface area (TPSA) is 43.4 Å². The van der Waals surface area contributed by atoms with E-state index in [1.54, 1.807) is 13.8 Å². The number of Topliss-reactive ketones (excluding diaryl/α,β-unsaturated/α-hetero) is 1. The Kier molecular flexibility index (Phi) is 3.97. The standard InChI is InChI=1S/C8H10O3/c1-6(2)7(9)4-5-8(10)11-3/h6H,1-3H3. The average molecular weight is 154 g/mol. The Morgan fingerprint density at radius 3 is 2.18 bits per heavy atom. The van der Waals surface area contributed by atoms with E-state index in [0.717, 1.165) is 0 Å². The molecule has 3 nitrogen and oxygen atoms in total. The third kappa shape index (κ3) is 4.15. The molecule has 0 saturated heterocycles. The van der Waals surface area contributed by atoms with Crippen molar-refractivity contribution in [3.05, 3.63) is 0 Å². The summed E-state index contributed by atoms with van der Waals surface area (Å²) in [5.41, 5.74) is 0. The van der Waals surface area contributed by atoms with Crippen LogP contribution in [0.4, 0.5) is 0 Å². The van der Waals surface area contributed by atoms with Gasteiger partial charge in [0.05, 0.1) is 7.11 Å². The zero-order valence-electron chi connectivity index (χ0n) is 6.80. The molecular weight excluding hydrogens is 144 g/mol. The summed E-state index contributed by atoms with van der Waals surface area (Å²) in [6.45, 7) is 3.43. The van der Waals surface area contributed by atoms with Gasteiger partial charge < -0.3 is 4.74 Å². The number of carbonyl (C=O) groups excluding carboxylic acids is 2. The van der Waals surface area contributed by atoms with Gasteiger partial charge in [-0.05, 0) is 5.92 Å². The second-order valence-corrected chi connectivity index (χ2v) is 2.26. The Labute approximate surface area is 65.7 Å². The highest BCUT2D eigenvalue weighted by Gasteiger charge is 2.02. The van der Waals surface area contributed by atoms with Gasteiger partial charge in [-0.15, -0.1) is 0 Å². The van der Waals surface area contributed by atoms with E-state index in [9.17, 15) is 9.59 Å². The lowest BCUT2D eigenvalue weighted by Gasteiger charge is -1.91. The van der Waals surface area contributed by atoms with Crippen molar-refractivity contribution in [3.8, 4) is 11.8 Å². The van der Waals surface area contributed by atoms with E-state index in [0.29, 0.717) is 0 Å². The van der Waals surface area contributed by atoms with Gasteiger partial charge in [0, 0.05) is 11.8 Å². The predicted molar refractivity (Wildman–Crippen MR) is 39.6 cm³/mol. The molecule has 0 N–H and O–H groups in total. The summed E-state index contributed by atoms with van der Waals surface area (Å²) in [6.07, 6.45) is 0. The molecule has 0 heterocycles. The molecule has 0 unspecified atom stereocenters. The molecule has 60 valence electrons. The third-order valence-electron chi connectivity index (χ3n) is 0.998. The first-order chi connectivity index (χ1) is 5.07. The number of methoxy groups -OCH3 is 1. The molecule has 0 fully saturated rings. The fraction of sp³-hybridized carbons (Fsp3) is 0.500. The molecule has 0 aliphatic carbocycles. The monoisotopic (exact) mass is 154 g/mol. The molecule has 3 heteroatoms. The van der Waals surface area contributed by atoms with E-state index in [1.165, 1.54) is 7.11 Å². The van der Waals surface area contributed by atoms with Crippen molar-refractivity contribution in [2.24, 2.45) is 5.92 Å². The van der Waals surface area contributed by atoms with E-state index in [2.05, 4.69) is 16.6 Å². The van der Waals surface area contributed by atoms with Gasteiger partial charge in [-0.25, -0.2) is 4.79 Å². The van der Waals surface area contributed by atoms with E-state index in [1.807, 2.05) is 0 Å². The van der Waals surface area contributed by atoms with Gasteiger partial charge in [0.2, 0.25) is 5.78 Å². The first kappa shape index (κ1) is 9.70. The average Bonchev–Trinajstić information content (AvgIpc) is 1.99. The molecule has 0 amide bonds. The van der Waals surface area contributed by atoms with Gasteiger partial charge in [-0.2, -0.15) is 0 Å². The molecular formula is C8H10O3. The lowest BCUT2D eigenvalue weighted by atomic mass is 10.1. The number of ketones is 1. The van der Waals surface area contributed by atoms with Crippen molar-refractivity contribution in [2.45, 2.75) is 13.8 Å². The van der Waals surface area contributed by atoms with Crippen molar-refractivity contribution >= 4 is 11.8 Å². The van der Waals surface area contributed by atoms with Crippen LogP contribution in [0.3, 0.4) is 0 Å². The highest BCUT2D eigenvalue weighted by Crippen LogP contribution is 1.91. The van der Waals surface area contributed by atoms with Crippen LogP contribution in [-0.2, 0) is 14.3 Å². The molecule has 0 aliphatic rings. The summed E-state index contributed by atoms with van der Waals surface area (Å²) in [5.74, 6) is 3.13. The van der Waals surface area contributed by atoms with Crippen molar-refractivity contribution in [3.63, 3.8) is 0 Å². The first-order valence-electron chi connectivity index (χ1n) is 3.21. The van der Waals surface area contributed by atoms with Crippen molar-refractivity contribution in [1.29, 1.82) is 0 Å². The first-order valence-corrected chi connectivity index (χ1v) is 3.21. The predicted octanol–water partition coefficient (Wildman–Crippen LogP) is 0.388. The summed E-state index contributed by atoms with van der Waals surface area (Å²) in [4.78, 5) is 21.2. The lowest BCUT2D eigenvalue weighted by molar-refractivity contribution is -0.134. The summed E-state index contributed by atoms with van der Waals surface area (Å²) in [7, 11) is 1.22. The minimum Gasteiger partial charge on any atom is -0.459 e. The molecule has 0 saturated carbocycles. The van der Waals surface area contributed by atoms with Crippen LogP contribution >= 0.6 is 0 Å². The molecule has 0 bridgehead atoms. The maximum Gasteiger partial charge on any atom is 0.384 e. The molecule has 0 aromatic rings. The largest absolute Gasteiger partial charge is 0.459 e. The van der Waals surface area contributed by atoms with Gasteiger partial charge >= 0.3 is 5.97 Å². The van der Waals surface area contributed by atoms with Crippen molar-refractivity contribution in [1.82, 2.24) is 0 Å². The number of hydrogen-bond acceptors (Lipinski definition) is 3. The quantitative estimate of drug-likeness (QED) is 0.237. The molecule has 0 aromatic heterocycles. The van der Waals surface area contributed by atoms with Gasteiger partial charge in [-0.1, -0.05) is 13.8 Å². The number of carbonyl (C=O) groups is 2. The van der Waals surface area contributed by atoms with Crippen molar-refractivity contribution in [2.75, 3.05) is 7.11 Å². The Bertz CT molecular complexity index is 217. The smallest absolute Gasteiger partial charge is 0.384 e. The van der Waals surface area contributed by atoms with Crippen LogP contribution in [0.5, 0.6) is 0 Å². The van der Waals surface area contributed by atoms with E-state index >= 15 is 0 Å². The molecule has 0 atom stereocenters. The van der Waals surface area contributed by atoms with Gasteiger partial charge in [0.1, 0.15) is 0 Å². The zero-order valence-corrected chi connectivity index (χ0v) is 6.80. The Balaban J connectivity index is 4.08. The number of hydrogen-bond donors (Lipinski definition) is 0. The van der Waals surface area contributed by atoms with Gasteiger partial charge in [0.25, 0.3) is 0 Å². The van der Waals surface area contributed by atoms with E-state index < -0.39 is 5.97 Å². The maximum absolute atomic E-state index is 10.8. The highest BCUT2D eigenvalue weighted by molar-refractivity contribution is 6.02.